The quantitative estimate of drug-likeness (QED) is 0.640. The maximum atomic E-state index is 12.3. The molecule has 1 aliphatic heterocycles. The molecular formula is C15H22ClN5O2. The van der Waals surface area contributed by atoms with E-state index in [1.165, 1.54) is 13.8 Å². The third-order valence-electron chi connectivity index (χ3n) is 4.09. The standard InChI is InChI=1S/C15H22ClN5O2/c1-15(2,19-23)14(22)21-5-3-20(4-6-21)13-8-10(16)7-12(18)11(13)9-17/h7-8H,3-6,9,17-18H2,1-2H3. The van der Waals surface area contributed by atoms with Crippen LogP contribution in [0.15, 0.2) is 17.3 Å². The van der Waals surface area contributed by atoms with Crippen molar-refractivity contribution >= 4 is 28.9 Å². The summed E-state index contributed by atoms with van der Waals surface area (Å²) in [7, 11) is 0. The van der Waals surface area contributed by atoms with Gasteiger partial charge in [-0.25, -0.2) is 0 Å². The second-order valence-corrected chi connectivity index (χ2v) is 6.56. The number of hydrogen-bond acceptors (Lipinski definition) is 6. The lowest BCUT2D eigenvalue weighted by molar-refractivity contribution is -0.136. The molecule has 1 aliphatic rings. The molecule has 0 aliphatic carbocycles. The summed E-state index contributed by atoms with van der Waals surface area (Å²) in [5.74, 6) is -0.253. The van der Waals surface area contributed by atoms with Gasteiger partial charge in [-0.3, -0.25) is 4.79 Å². The molecular weight excluding hydrogens is 318 g/mol. The van der Waals surface area contributed by atoms with Crippen molar-refractivity contribution in [2.75, 3.05) is 36.8 Å². The van der Waals surface area contributed by atoms with Crippen molar-refractivity contribution in [3.8, 4) is 0 Å². The van der Waals surface area contributed by atoms with Crippen LogP contribution in [-0.4, -0.2) is 42.5 Å². The minimum atomic E-state index is -1.23. The molecule has 0 unspecified atom stereocenters. The Kier molecular flexibility index (Phi) is 5.11. The highest BCUT2D eigenvalue weighted by Crippen LogP contribution is 2.31. The number of benzene rings is 1. The molecule has 4 N–H and O–H groups in total. The van der Waals surface area contributed by atoms with E-state index in [2.05, 4.69) is 10.1 Å². The third kappa shape index (κ3) is 3.56. The number of nitrogen functional groups attached to an aromatic ring is 1. The minimum absolute atomic E-state index is 0.253. The molecule has 2 rings (SSSR count). The first-order chi connectivity index (χ1) is 10.8. The summed E-state index contributed by atoms with van der Waals surface area (Å²) in [6.07, 6.45) is 0. The minimum Gasteiger partial charge on any atom is -0.398 e. The molecule has 0 saturated carbocycles. The normalized spacial score (nSPS) is 15.7. The second-order valence-electron chi connectivity index (χ2n) is 6.13. The number of carbonyl (C=O) groups is 1. The van der Waals surface area contributed by atoms with Crippen LogP contribution in [0.4, 0.5) is 11.4 Å². The zero-order chi connectivity index (χ0) is 17.2. The number of nitrogens with zero attached hydrogens (tertiary/aromatic N) is 3. The van der Waals surface area contributed by atoms with Gasteiger partial charge in [0.05, 0.1) is 0 Å². The summed E-state index contributed by atoms with van der Waals surface area (Å²) in [5.41, 5.74) is 12.9. The van der Waals surface area contributed by atoms with E-state index in [1.807, 2.05) is 6.07 Å². The Bertz CT molecular complexity index is 612. The number of amides is 1. The van der Waals surface area contributed by atoms with Gasteiger partial charge < -0.3 is 21.3 Å². The highest BCUT2D eigenvalue weighted by molar-refractivity contribution is 6.31. The SMILES string of the molecule is CC(C)(N=O)C(=O)N1CCN(c2cc(Cl)cc(N)c2CN)CC1. The topological polar surface area (TPSA) is 105 Å². The van der Waals surface area contributed by atoms with Crippen LogP contribution in [0.5, 0.6) is 0 Å². The monoisotopic (exact) mass is 339 g/mol. The van der Waals surface area contributed by atoms with Gasteiger partial charge in [0.25, 0.3) is 5.91 Å². The predicted octanol–water partition coefficient (Wildman–Crippen LogP) is 1.57. The molecule has 1 aromatic carbocycles. The van der Waals surface area contributed by atoms with Crippen molar-refractivity contribution in [2.45, 2.75) is 25.9 Å². The van der Waals surface area contributed by atoms with Gasteiger partial charge in [0, 0.05) is 54.7 Å². The number of anilines is 2. The zero-order valence-corrected chi connectivity index (χ0v) is 14.1. The van der Waals surface area contributed by atoms with E-state index in [-0.39, 0.29) is 5.91 Å². The molecule has 0 atom stereocenters. The van der Waals surface area contributed by atoms with Crippen molar-refractivity contribution in [3.63, 3.8) is 0 Å². The van der Waals surface area contributed by atoms with E-state index in [0.29, 0.717) is 43.4 Å². The second kappa shape index (κ2) is 6.72. The zero-order valence-electron chi connectivity index (χ0n) is 13.4. The van der Waals surface area contributed by atoms with Crippen molar-refractivity contribution in [1.29, 1.82) is 0 Å². The highest BCUT2D eigenvalue weighted by atomic mass is 35.5. The number of nitrogens with two attached hydrogens (primary N) is 2. The van der Waals surface area contributed by atoms with Crippen LogP contribution >= 0.6 is 11.6 Å². The van der Waals surface area contributed by atoms with Crippen LogP contribution in [0, 0.1) is 4.91 Å². The van der Waals surface area contributed by atoms with Crippen LogP contribution in [0.1, 0.15) is 19.4 Å². The Morgan fingerprint density at radius 2 is 1.91 bits per heavy atom. The maximum absolute atomic E-state index is 12.3. The maximum Gasteiger partial charge on any atom is 0.253 e. The summed E-state index contributed by atoms with van der Waals surface area (Å²) >= 11 is 6.10. The van der Waals surface area contributed by atoms with Crippen molar-refractivity contribution in [2.24, 2.45) is 10.9 Å². The molecule has 23 heavy (non-hydrogen) atoms. The Hall–Kier alpha value is -1.86. The first kappa shape index (κ1) is 17.5. The molecule has 1 heterocycles. The average molecular weight is 340 g/mol. The fourth-order valence-electron chi connectivity index (χ4n) is 2.72. The fourth-order valence-corrected chi connectivity index (χ4v) is 2.94. The number of rotatable bonds is 4. The first-order valence-electron chi connectivity index (χ1n) is 7.47. The molecule has 1 fully saturated rings. The molecule has 0 radical (unpaired) electrons. The van der Waals surface area contributed by atoms with E-state index < -0.39 is 5.54 Å². The van der Waals surface area contributed by atoms with Gasteiger partial charge in [0.1, 0.15) is 0 Å². The Morgan fingerprint density at radius 3 is 2.43 bits per heavy atom. The fraction of sp³-hybridized carbons (Fsp3) is 0.533. The van der Waals surface area contributed by atoms with Crippen LogP contribution in [0.3, 0.4) is 0 Å². The van der Waals surface area contributed by atoms with Crippen LogP contribution in [0.25, 0.3) is 0 Å². The molecule has 0 spiro atoms. The number of hydrogen-bond donors (Lipinski definition) is 2. The van der Waals surface area contributed by atoms with Crippen molar-refractivity contribution in [3.05, 3.63) is 27.6 Å². The first-order valence-corrected chi connectivity index (χ1v) is 7.84. The smallest absolute Gasteiger partial charge is 0.253 e. The molecule has 8 heteroatoms. The Balaban J connectivity index is 2.14. The molecule has 0 bridgehead atoms. The predicted molar refractivity (Wildman–Crippen MR) is 92.4 cm³/mol. The number of halogens is 1. The van der Waals surface area contributed by atoms with Gasteiger partial charge in [-0.2, -0.15) is 0 Å². The van der Waals surface area contributed by atoms with Crippen molar-refractivity contribution < 1.29 is 4.79 Å². The van der Waals surface area contributed by atoms with Gasteiger partial charge >= 0.3 is 0 Å². The number of piperazine rings is 1. The molecule has 7 nitrogen and oxygen atoms in total. The number of nitroso groups, excluding NO2 is 1. The summed E-state index contributed by atoms with van der Waals surface area (Å²) in [5, 5.41) is 3.47. The molecule has 1 amide bonds. The lowest BCUT2D eigenvalue weighted by Gasteiger charge is -2.38. The van der Waals surface area contributed by atoms with E-state index >= 15 is 0 Å². The molecule has 126 valence electrons. The highest BCUT2D eigenvalue weighted by Gasteiger charge is 2.35. The van der Waals surface area contributed by atoms with E-state index in [4.69, 9.17) is 23.1 Å². The average Bonchev–Trinajstić information content (AvgIpc) is 2.53. The van der Waals surface area contributed by atoms with Gasteiger partial charge in [0.15, 0.2) is 5.54 Å². The largest absolute Gasteiger partial charge is 0.398 e. The Morgan fingerprint density at radius 1 is 1.30 bits per heavy atom. The molecule has 1 saturated heterocycles. The van der Waals surface area contributed by atoms with Gasteiger partial charge in [-0.1, -0.05) is 16.8 Å². The van der Waals surface area contributed by atoms with Crippen LogP contribution < -0.4 is 16.4 Å². The van der Waals surface area contributed by atoms with Gasteiger partial charge in [0.2, 0.25) is 0 Å². The summed E-state index contributed by atoms with van der Waals surface area (Å²) in [6.45, 7) is 5.63. The summed E-state index contributed by atoms with van der Waals surface area (Å²) in [4.78, 5) is 26.8. The van der Waals surface area contributed by atoms with E-state index in [9.17, 15) is 9.70 Å². The van der Waals surface area contributed by atoms with Crippen molar-refractivity contribution in [1.82, 2.24) is 4.90 Å². The molecule has 1 aromatic rings. The van der Waals surface area contributed by atoms with E-state index in [1.54, 1.807) is 11.0 Å². The van der Waals surface area contributed by atoms with Crippen LogP contribution in [0.2, 0.25) is 5.02 Å². The van der Waals surface area contributed by atoms with Crippen LogP contribution in [-0.2, 0) is 11.3 Å². The van der Waals surface area contributed by atoms with Gasteiger partial charge in [-0.05, 0) is 26.0 Å². The van der Waals surface area contributed by atoms with E-state index in [0.717, 1.165) is 11.3 Å². The molecule has 0 aromatic heterocycles. The summed E-state index contributed by atoms with van der Waals surface area (Å²) < 4.78 is 0. The number of carbonyl (C=O) groups excluding carboxylic acids is 1. The lowest BCUT2D eigenvalue weighted by Crippen LogP contribution is -2.53. The summed E-state index contributed by atoms with van der Waals surface area (Å²) in [6, 6.07) is 3.53. The third-order valence-corrected chi connectivity index (χ3v) is 4.31. The van der Waals surface area contributed by atoms with Gasteiger partial charge in [-0.15, -0.1) is 4.91 Å². The lowest BCUT2D eigenvalue weighted by atomic mass is 10.0. The Labute approximate surface area is 140 Å².